The number of nitrogens with one attached hydrogen (secondary N) is 1. The van der Waals surface area contributed by atoms with Gasteiger partial charge in [-0.25, -0.2) is 0 Å². The zero-order valence-corrected chi connectivity index (χ0v) is 12.9. The highest BCUT2D eigenvalue weighted by atomic mass is 15.3. The lowest BCUT2D eigenvalue weighted by atomic mass is 9.88. The molecule has 1 saturated heterocycles. The Morgan fingerprint density at radius 1 is 1.30 bits per heavy atom. The van der Waals surface area contributed by atoms with E-state index in [-0.39, 0.29) is 0 Å². The van der Waals surface area contributed by atoms with Crippen molar-refractivity contribution in [1.29, 1.82) is 0 Å². The lowest BCUT2D eigenvalue weighted by Gasteiger charge is -2.49. The molecule has 2 aliphatic rings. The van der Waals surface area contributed by atoms with Crippen LogP contribution in [0.2, 0.25) is 0 Å². The molecular formula is C16H28N4. The van der Waals surface area contributed by atoms with E-state index in [0.29, 0.717) is 17.5 Å². The first kappa shape index (κ1) is 14.1. The monoisotopic (exact) mass is 276 g/mol. The summed E-state index contributed by atoms with van der Waals surface area (Å²) in [5.74, 6) is 0.709. The third-order valence-electron chi connectivity index (χ3n) is 5.28. The Labute approximate surface area is 122 Å². The lowest BCUT2D eigenvalue weighted by Crippen LogP contribution is -2.65. The van der Waals surface area contributed by atoms with Gasteiger partial charge in [0, 0.05) is 43.6 Å². The molecule has 3 rings (SSSR count). The van der Waals surface area contributed by atoms with Crippen LogP contribution in [0.15, 0.2) is 18.5 Å². The number of hydrogen-bond acceptors (Lipinski definition) is 3. The fourth-order valence-electron chi connectivity index (χ4n) is 3.89. The van der Waals surface area contributed by atoms with Gasteiger partial charge in [-0.05, 0) is 24.8 Å². The van der Waals surface area contributed by atoms with Crippen molar-refractivity contribution in [3.05, 3.63) is 18.5 Å². The van der Waals surface area contributed by atoms with Crippen molar-refractivity contribution in [2.24, 2.45) is 5.92 Å². The smallest absolute Gasteiger partial charge is 0.0536 e. The minimum absolute atomic E-state index is 0.429. The molecule has 2 heterocycles. The first-order valence-corrected chi connectivity index (χ1v) is 8.15. The summed E-state index contributed by atoms with van der Waals surface area (Å²) >= 11 is 0. The number of rotatable bonds is 4. The molecule has 112 valence electrons. The van der Waals surface area contributed by atoms with Gasteiger partial charge in [0.05, 0.1) is 6.54 Å². The van der Waals surface area contributed by atoms with Gasteiger partial charge in [0.15, 0.2) is 0 Å². The van der Waals surface area contributed by atoms with Crippen molar-refractivity contribution in [2.45, 2.75) is 57.7 Å². The van der Waals surface area contributed by atoms with Crippen molar-refractivity contribution in [2.75, 3.05) is 19.6 Å². The number of hydrogen-bond donors (Lipinski definition) is 1. The predicted octanol–water partition coefficient (Wildman–Crippen LogP) is 2.13. The molecule has 1 N–H and O–H groups in total. The van der Waals surface area contributed by atoms with Gasteiger partial charge in [0.2, 0.25) is 0 Å². The highest BCUT2D eigenvalue weighted by molar-refractivity contribution is 5.02. The number of nitrogens with zero attached hydrogens (tertiary/aromatic N) is 3. The van der Waals surface area contributed by atoms with Crippen molar-refractivity contribution in [1.82, 2.24) is 20.0 Å². The van der Waals surface area contributed by atoms with Crippen LogP contribution < -0.4 is 5.32 Å². The first-order chi connectivity index (χ1) is 9.70. The van der Waals surface area contributed by atoms with Gasteiger partial charge in [-0.2, -0.15) is 5.10 Å². The van der Waals surface area contributed by atoms with Crippen molar-refractivity contribution < 1.29 is 0 Å². The molecule has 1 atom stereocenters. The molecule has 0 aromatic carbocycles. The van der Waals surface area contributed by atoms with Crippen molar-refractivity contribution in [3.8, 4) is 0 Å². The molecule has 1 unspecified atom stereocenters. The van der Waals surface area contributed by atoms with E-state index in [1.54, 1.807) is 0 Å². The Kier molecular flexibility index (Phi) is 4.13. The molecule has 0 radical (unpaired) electrons. The van der Waals surface area contributed by atoms with Crippen LogP contribution in [0, 0.1) is 5.92 Å². The lowest BCUT2D eigenvalue weighted by molar-refractivity contribution is 0.0295. The molecule has 2 fully saturated rings. The third-order valence-corrected chi connectivity index (χ3v) is 5.28. The maximum Gasteiger partial charge on any atom is 0.0536 e. The van der Waals surface area contributed by atoms with Gasteiger partial charge in [-0.1, -0.05) is 26.7 Å². The zero-order valence-electron chi connectivity index (χ0n) is 12.9. The molecule has 0 amide bonds. The molecule has 4 heteroatoms. The third kappa shape index (κ3) is 2.77. The Bertz CT molecular complexity index is 406. The van der Waals surface area contributed by atoms with Crippen LogP contribution in [0.1, 0.15) is 39.5 Å². The van der Waals surface area contributed by atoms with Crippen LogP contribution in [0.5, 0.6) is 0 Å². The summed E-state index contributed by atoms with van der Waals surface area (Å²) < 4.78 is 2.06. The van der Waals surface area contributed by atoms with Gasteiger partial charge >= 0.3 is 0 Å². The first-order valence-electron chi connectivity index (χ1n) is 8.15. The minimum atomic E-state index is 0.429. The van der Waals surface area contributed by atoms with Gasteiger partial charge in [-0.3, -0.25) is 9.58 Å². The van der Waals surface area contributed by atoms with E-state index in [4.69, 9.17) is 0 Å². The van der Waals surface area contributed by atoms with Crippen LogP contribution in [-0.4, -0.2) is 45.9 Å². The fraction of sp³-hybridized carbons (Fsp3) is 0.812. The van der Waals surface area contributed by atoms with Gasteiger partial charge in [0.25, 0.3) is 0 Å². The molecule has 1 aromatic rings. The topological polar surface area (TPSA) is 33.1 Å². The number of piperazine rings is 1. The summed E-state index contributed by atoms with van der Waals surface area (Å²) in [5.41, 5.74) is 0.429. The molecule has 1 aliphatic carbocycles. The fourth-order valence-corrected chi connectivity index (χ4v) is 3.89. The molecular weight excluding hydrogens is 248 g/mol. The summed E-state index contributed by atoms with van der Waals surface area (Å²) in [6.45, 7) is 9.17. The molecule has 4 nitrogen and oxygen atoms in total. The summed E-state index contributed by atoms with van der Waals surface area (Å²) in [4.78, 5) is 2.77. The minimum Gasteiger partial charge on any atom is -0.311 e. The Morgan fingerprint density at radius 2 is 2.10 bits per heavy atom. The van der Waals surface area contributed by atoms with Gasteiger partial charge < -0.3 is 5.32 Å². The number of aromatic nitrogens is 2. The quantitative estimate of drug-likeness (QED) is 0.914. The summed E-state index contributed by atoms with van der Waals surface area (Å²) in [5, 5.41) is 8.15. The SMILES string of the molecule is CC(C)C1CN(CCn2cccn2)C2(CCCC2)CN1. The molecule has 1 spiro atoms. The highest BCUT2D eigenvalue weighted by Gasteiger charge is 2.43. The van der Waals surface area contributed by atoms with Gasteiger partial charge in [0.1, 0.15) is 0 Å². The van der Waals surface area contributed by atoms with E-state index < -0.39 is 0 Å². The molecule has 1 saturated carbocycles. The van der Waals surface area contributed by atoms with Crippen LogP contribution in [-0.2, 0) is 6.54 Å². The van der Waals surface area contributed by atoms with Crippen molar-refractivity contribution in [3.63, 3.8) is 0 Å². The maximum absolute atomic E-state index is 4.34. The summed E-state index contributed by atoms with van der Waals surface area (Å²) in [7, 11) is 0. The predicted molar refractivity (Wildman–Crippen MR) is 81.6 cm³/mol. The van der Waals surface area contributed by atoms with E-state index in [2.05, 4.69) is 40.0 Å². The van der Waals surface area contributed by atoms with Crippen molar-refractivity contribution >= 4 is 0 Å². The summed E-state index contributed by atoms with van der Waals surface area (Å²) in [6.07, 6.45) is 9.47. The summed E-state index contributed by atoms with van der Waals surface area (Å²) in [6, 6.07) is 2.65. The van der Waals surface area contributed by atoms with E-state index in [1.165, 1.54) is 38.8 Å². The van der Waals surface area contributed by atoms with E-state index in [1.807, 2.05) is 12.3 Å². The Morgan fingerprint density at radius 3 is 2.75 bits per heavy atom. The second kappa shape index (κ2) is 5.86. The highest BCUT2D eigenvalue weighted by Crippen LogP contribution is 2.37. The molecule has 1 aromatic heterocycles. The molecule has 1 aliphatic heterocycles. The van der Waals surface area contributed by atoms with Crippen LogP contribution in [0.3, 0.4) is 0 Å². The Hall–Kier alpha value is -0.870. The van der Waals surface area contributed by atoms with Crippen LogP contribution in [0.25, 0.3) is 0 Å². The maximum atomic E-state index is 4.34. The average Bonchev–Trinajstić information content (AvgIpc) is 3.10. The van der Waals surface area contributed by atoms with E-state index >= 15 is 0 Å². The van der Waals surface area contributed by atoms with E-state index in [0.717, 1.165) is 13.1 Å². The standard InChI is InChI=1S/C16H28N4/c1-14(2)15-12-19(10-11-20-9-5-8-18-20)16(13-17-15)6-3-4-7-16/h5,8-9,14-15,17H,3-4,6-7,10-13H2,1-2H3. The zero-order chi connectivity index (χ0) is 14.0. The second-order valence-electron chi connectivity index (χ2n) is 6.88. The van der Waals surface area contributed by atoms with E-state index in [9.17, 15) is 0 Å². The van der Waals surface area contributed by atoms with Crippen LogP contribution in [0.4, 0.5) is 0 Å². The molecule has 0 bridgehead atoms. The Balaban J connectivity index is 1.67. The van der Waals surface area contributed by atoms with Gasteiger partial charge in [-0.15, -0.1) is 0 Å². The molecule has 20 heavy (non-hydrogen) atoms. The van der Waals surface area contributed by atoms with Crippen LogP contribution >= 0.6 is 0 Å². The second-order valence-corrected chi connectivity index (χ2v) is 6.88. The normalized spacial score (nSPS) is 26.6. The largest absolute Gasteiger partial charge is 0.311 e. The average molecular weight is 276 g/mol.